The van der Waals surface area contributed by atoms with Crippen molar-refractivity contribution in [3.63, 3.8) is 0 Å². The van der Waals surface area contributed by atoms with Crippen LogP contribution in [0.25, 0.3) is 0 Å². The number of carbonyl (C=O) groups excluding carboxylic acids is 1. The molecule has 0 saturated carbocycles. The topological polar surface area (TPSA) is 74.5 Å². The van der Waals surface area contributed by atoms with Crippen LogP contribution in [0.3, 0.4) is 0 Å². The van der Waals surface area contributed by atoms with Crippen LogP contribution in [0.5, 0.6) is 0 Å². The fourth-order valence-corrected chi connectivity index (χ4v) is 2.95. The van der Waals surface area contributed by atoms with Crippen molar-refractivity contribution in [3.05, 3.63) is 52.5 Å². The van der Waals surface area contributed by atoms with E-state index in [1.165, 1.54) is 5.69 Å². The van der Waals surface area contributed by atoms with Crippen molar-refractivity contribution >= 4 is 27.8 Å². The minimum absolute atomic E-state index is 0.132. The van der Waals surface area contributed by atoms with E-state index in [0.29, 0.717) is 18.7 Å². The van der Waals surface area contributed by atoms with Gasteiger partial charge in [0.15, 0.2) is 5.96 Å². The molecule has 2 N–H and O–H groups in total. The van der Waals surface area contributed by atoms with Gasteiger partial charge in [0.05, 0.1) is 12.1 Å². The maximum Gasteiger partial charge on any atom is 0.252 e. The zero-order valence-corrected chi connectivity index (χ0v) is 16.2. The number of halogens is 1. The third-order valence-electron chi connectivity index (χ3n) is 3.66. The number of aliphatic imine (C=N–C) groups is 1. The summed E-state index contributed by atoms with van der Waals surface area (Å²) in [5.74, 6) is 0.639. The van der Waals surface area contributed by atoms with Gasteiger partial charge in [-0.1, -0.05) is 0 Å². The molecule has 0 aliphatic carbocycles. The number of aryl methyl sites for hydroxylation is 1. The molecule has 0 unspecified atom stereocenters. The molecule has 8 heteroatoms. The maximum absolute atomic E-state index is 11.9. The molecule has 7 nitrogen and oxygen atoms in total. The van der Waals surface area contributed by atoms with Gasteiger partial charge in [-0.2, -0.15) is 0 Å². The van der Waals surface area contributed by atoms with Gasteiger partial charge in [0.25, 0.3) is 5.91 Å². The van der Waals surface area contributed by atoms with E-state index in [2.05, 4.69) is 47.2 Å². The SMILES string of the molecule is CN=C(NCCNC(=O)c1cccnc1)N(C)Cc1cc(Br)cn1C. The van der Waals surface area contributed by atoms with E-state index < -0.39 is 0 Å². The molecule has 2 heterocycles. The Morgan fingerprint density at radius 1 is 1.40 bits per heavy atom. The van der Waals surface area contributed by atoms with Gasteiger partial charge in [-0.15, -0.1) is 0 Å². The van der Waals surface area contributed by atoms with Crippen LogP contribution in [0, 0.1) is 0 Å². The molecule has 0 aliphatic heterocycles. The van der Waals surface area contributed by atoms with Crippen molar-refractivity contribution in [1.29, 1.82) is 0 Å². The lowest BCUT2D eigenvalue weighted by Gasteiger charge is -2.22. The highest BCUT2D eigenvalue weighted by Crippen LogP contribution is 2.14. The number of aromatic nitrogens is 2. The molecule has 0 atom stereocenters. The Hall–Kier alpha value is -2.35. The van der Waals surface area contributed by atoms with Gasteiger partial charge >= 0.3 is 0 Å². The van der Waals surface area contributed by atoms with Gasteiger partial charge in [-0.25, -0.2) is 0 Å². The molecular weight excluding hydrogens is 384 g/mol. The van der Waals surface area contributed by atoms with Crippen molar-refractivity contribution in [2.45, 2.75) is 6.54 Å². The number of nitrogens with one attached hydrogen (secondary N) is 2. The van der Waals surface area contributed by atoms with Crippen LogP contribution in [-0.2, 0) is 13.6 Å². The van der Waals surface area contributed by atoms with Crippen LogP contribution < -0.4 is 10.6 Å². The molecule has 0 aliphatic rings. The molecule has 0 bridgehead atoms. The van der Waals surface area contributed by atoms with E-state index in [4.69, 9.17) is 0 Å². The third-order valence-corrected chi connectivity index (χ3v) is 4.10. The van der Waals surface area contributed by atoms with Crippen LogP contribution in [-0.4, -0.2) is 53.5 Å². The second kappa shape index (κ2) is 9.22. The first-order valence-corrected chi connectivity index (χ1v) is 8.71. The number of hydrogen-bond donors (Lipinski definition) is 2. The van der Waals surface area contributed by atoms with Crippen molar-refractivity contribution in [2.24, 2.45) is 12.0 Å². The summed E-state index contributed by atoms with van der Waals surface area (Å²) in [6, 6.07) is 5.56. The van der Waals surface area contributed by atoms with Crippen LogP contribution in [0.4, 0.5) is 0 Å². The van der Waals surface area contributed by atoms with Gasteiger partial charge in [-0.05, 0) is 34.1 Å². The molecule has 2 rings (SSSR count). The van der Waals surface area contributed by atoms with Gasteiger partial charge in [0.2, 0.25) is 0 Å². The smallest absolute Gasteiger partial charge is 0.252 e. The second-order valence-electron chi connectivity index (χ2n) is 5.59. The number of amides is 1. The number of hydrogen-bond acceptors (Lipinski definition) is 3. The number of nitrogens with zero attached hydrogens (tertiary/aromatic N) is 4. The quantitative estimate of drug-likeness (QED) is 0.434. The molecule has 0 fully saturated rings. The van der Waals surface area contributed by atoms with Crippen molar-refractivity contribution in [2.75, 3.05) is 27.2 Å². The zero-order valence-electron chi connectivity index (χ0n) is 14.7. The molecule has 25 heavy (non-hydrogen) atoms. The third kappa shape index (κ3) is 5.60. The van der Waals surface area contributed by atoms with E-state index >= 15 is 0 Å². The van der Waals surface area contributed by atoms with Crippen molar-refractivity contribution in [3.8, 4) is 0 Å². The molecule has 0 aromatic carbocycles. The summed E-state index contributed by atoms with van der Waals surface area (Å²) in [5.41, 5.74) is 1.72. The first-order valence-electron chi connectivity index (χ1n) is 7.92. The first kappa shape index (κ1) is 19.0. The maximum atomic E-state index is 11.9. The number of guanidine groups is 1. The molecule has 2 aromatic rings. The lowest BCUT2D eigenvalue weighted by molar-refractivity contribution is 0.0954. The Kier molecular flexibility index (Phi) is 7.00. The summed E-state index contributed by atoms with van der Waals surface area (Å²) >= 11 is 3.48. The summed E-state index contributed by atoms with van der Waals surface area (Å²) < 4.78 is 3.13. The van der Waals surface area contributed by atoms with Crippen LogP contribution in [0.15, 0.2) is 46.3 Å². The Bertz CT molecular complexity index is 728. The normalized spacial score (nSPS) is 11.3. The Morgan fingerprint density at radius 3 is 2.76 bits per heavy atom. The monoisotopic (exact) mass is 406 g/mol. The predicted molar refractivity (Wildman–Crippen MR) is 103 cm³/mol. The number of rotatable bonds is 6. The molecular formula is C17H23BrN6O. The van der Waals surface area contributed by atoms with E-state index in [-0.39, 0.29) is 5.91 Å². The van der Waals surface area contributed by atoms with Crippen LogP contribution in [0.2, 0.25) is 0 Å². The predicted octanol–water partition coefficient (Wildman–Crippen LogP) is 1.62. The van der Waals surface area contributed by atoms with Crippen molar-refractivity contribution < 1.29 is 4.79 Å². The molecule has 134 valence electrons. The van der Waals surface area contributed by atoms with E-state index in [9.17, 15) is 4.79 Å². The molecule has 0 saturated heterocycles. The fourth-order valence-electron chi connectivity index (χ4n) is 2.38. The van der Waals surface area contributed by atoms with Gasteiger partial charge in [0, 0.05) is 63.0 Å². The van der Waals surface area contributed by atoms with E-state index in [1.807, 2.05) is 25.2 Å². The van der Waals surface area contributed by atoms with Gasteiger partial charge < -0.3 is 20.1 Å². The average Bonchev–Trinajstić information content (AvgIpc) is 2.92. The standard InChI is InChI=1S/C17H23BrN6O/c1-19-17(24(3)12-15-9-14(18)11-23(15)2)22-8-7-21-16(25)13-5-4-6-20-10-13/h4-6,9-11H,7-8,12H2,1-3H3,(H,19,22)(H,21,25). The Balaban J connectivity index is 1.78. The minimum Gasteiger partial charge on any atom is -0.354 e. The Labute approximate surface area is 156 Å². The summed E-state index contributed by atoms with van der Waals surface area (Å²) in [7, 11) is 5.73. The number of carbonyl (C=O) groups is 1. The first-order chi connectivity index (χ1) is 12.0. The highest BCUT2D eigenvalue weighted by atomic mass is 79.9. The van der Waals surface area contributed by atoms with Crippen LogP contribution >= 0.6 is 15.9 Å². The molecule has 1 amide bonds. The second-order valence-corrected chi connectivity index (χ2v) is 6.50. The summed E-state index contributed by atoms with van der Waals surface area (Å²) in [6.07, 6.45) is 5.21. The van der Waals surface area contributed by atoms with Gasteiger partial charge in [-0.3, -0.25) is 14.8 Å². The van der Waals surface area contributed by atoms with Gasteiger partial charge in [0.1, 0.15) is 0 Å². The summed E-state index contributed by atoms with van der Waals surface area (Å²) in [4.78, 5) is 22.2. The largest absolute Gasteiger partial charge is 0.354 e. The Morgan fingerprint density at radius 2 is 2.16 bits per heavy atom. The van der Waals surface area contributed by atoms with Crippen LogP contribution in [0.1, 0.15) is 16.1 Å². The molecule has 0 radical (unpaired) electrons. The molecule has 2 aromatic heterocycles. The highest BCUT2D eigenvalue weighted by Gasteiger charge is 2.10. The minimum atomic E-state index is -0.132. The summed E-state index contributed by atoms with van der Waals surface area (Å²) in [6.45, 7) is 1.81. The van der Waals surface area contributed by atoms with Crippen molar-refractivity contribution in [1.82, 2.24) is 25.1 Å². The molecule has 0 spiro atoms. The van der Waals surface area contributed by atoms with E-state index in [1.54, 1.807) is 31.6 Å². The van der Waals surface area contributed by atoms with E-state index in [0.717, 1.165) is 17.0 Å². The highest BCUT2D eigenvalue weighted by molar-refractivity contribution is 9.10. The summed E-state index contributed by atoms with van der Waals surface area (Å²) in [5, 5.41) is 6.10. The fraction of sp³-hybridized carbons (Fsp3) is 0.353. The lowest BCUT2D eigenvalue weighted by Crippen LogP contribution is -2.42. The zero-order chi connectivity index (χ0) is 18.2. The number of pyridine rings is 1. The average molecular weight is 407 g/mol. The lowest BCUT2D eigenvalue weighted by atomic mass is 10.3.